The van der Waals surface area contributed by atoms with Crippen molar-refractivity contribution in [3.05, 3.63) is 113 Å². The molecule has 35 heavy (non-hydrogen) atoms. The number of thiocarbonyl (C=S) groups is 1. The fourth-order valence-electron chi connectivity index (χ4n) is 4.00. The molecule has 0 bridgehead atoms. The number of benzene rings is 3. The lowest BCUT2D eigenvalue weighted by Gasteiger charge is -2.37. The Kier molecular flexibility index (Phi) is 6.08. The van der Waals surface area contributed by atoms with Crippen LogP contribution in [0.3, 0.4) is 0 Å². The second-order valence-corrected chi connectivity index (χ2v) is 8.43. The summed E-state index contributed by atoms with van der Waals surface area (Å²) in [5.74, 6) is -0.591. The van der Waals surface area contributed by atoms with E-state index < -0.39 is 6.04 Å². The van der Waals surface area contributed by atoms with Gasteiger partial charge in [-0.05, 0) is 67.2 Å². The number of halogens is 3. The molecule has 1 unspecified atom stereocenters. The number of aromatic nitrogens is 2. The lowest BCUT2D eigenvalue weighted by Crippen LogP contribution is -2.45. The Morgan fingerprint density at radius 2 is 1.60 bits per heavy atom. The molecule has 0 saturated heterocycles. The maximum atomic E-state index is 14.4. The minimum atomic E-state index is -0.513. The fraction of sp³-hybridized carbons (Fsp3) is 0.115. The third-order valence-electron chi connectivity index (χ3n) is 5.84. The van der Waals surface area contributed by atoms with Gasteiger partial charge >= 0.3 is 0 Å². The highest BCUT2D eigenvalue weighted by Gasteiger charge is 2.34. The highest BCUT2D eigenvalue weighted by molar-refractivity contribution is 7.80. The van der Waals surface area contributed by atoms with Crippen LogP contribution in [0.25, 0.3) is 17.0 Å². The van der Waals surface area contributed by atoms with Gasteiger partial charge in [0.1, 0.15) is 17.5 Å². The summed E-state index contributed by atoms with van der Waals surface area (Å²) in [7, 11) is 0. The Balaban J connectivity index is 1.60. The van der Waals surface area contributed by atoms with Gasteiger partial charge in [-0.15, -0.1) is 0 Å². The van der Waals surface area contributed by atoms with E-state index in [9.17, 15) is 13.2 Å². The van der Waals surface area contributed by atoms with Crippen LogP contribution in [0.2, 0.25) is 0 Å². The third-order valence-corrected chi connectivity index (χ3v) is 6.18. The van der Waals surface area contributed by atoms with E-state index in [0.717, 1.165) is 5.56 Å². The number of hydrogen-bond donors (Lipinski definition) is 1. The molecule has 176 valence electrons. The summed E-state index contributed by atoms with van der Waals surface area (Å²) in [4.78, 5) is 6.30. The largest absolute Gasteiger partial charge is 0.351 e. The lowest BCUT2D eigenvalue weighted by atomic mass is 9.94. The number of nitrogens with zero attached hydrogens (tertiary/aromatic N) is 3. The van der Waals surface area contributed by atoms with Crippen LogP contribution in [-0.2, 0) is 6.54 Å². The summed E-state index contributed by atoms with van der Waals surface area (Å²) in [6, 6.07) is 17.7. The molecule has 0 saturated carbocycles. The Bertz CT molecular complexity index is 1420. The second-order valence-electron chi connectivity index (χ2n) is 8.04. The zero-order valence-electron chi connectivity index (χ0n) is 18.5. The second kappa shape index (κ2) is 9.34. The molecular weight excluding hydrogens is 473 g/mol. The summed E-state index contributed by atoms with van der Waals surface area (Å²) >= 11 is 5.63. The van der Waals surface area contributed by atoms with Gasteiger partial charge in [0, 0.05) is 16.8 Å². The van der Waals surface area contributed by atoms with Gasteiger partial charge in [-0.1, -0.05) is 35.5 Å². The van der Waals surface area contributed by atoms with E-state index in [1.807, 2.05) is 6.92 Å². The van der Waals surface area contributed by atoms with Gasteiger partial charge in [-0.3, -0.25) is 0 Å². The smallest absolute Gasteiger partial charge is 0.258 e. The van der Waals surface area contributed by atoms with Crippen molar-refractivity contribution >= 4 is 22.9 Å². The molecular formula is C26H19F3N4OS. The van der Waals surface area contributed by atoms with E-state index in [1.165, 1.54) is 30.3 Å². The fourth-order valence-corrected chi connectivity index (χ4v) is 4.32. The first-order valence-corrected chi connectivity index (χ1v) is 11.2. The van der Waals surface area contributed by atoms with E-state index in [1.54, 1.807) is 47.4 Å². The molecule has 0 fully saturated rings. The van der Waals surface area contributed by atoms with Gasteiger partial charge in [-0.25, -0.2) is 13.2 Å². The van der Waals surface area contributed by atoms with Crippen molar-refractivity contribution in [1.82, 2.24) is 20.4 Å². The van der Waals surface area contributed by atoms with Crippen LogP contribution in [0.4, 0.5) is 13.2 Å². The highest BCUT2D eigenvalue weighted by atomic mass is 32.1. The summed E-state index contributed by atoms with van der Waals surface area (Å²) in [5, 5.41) is 7.70. The molecule has 0 amide bonds. The number of allylic oxidation sites excluding steroid dienone is 1. The molecule has 1 aliphatic heterocycles. The maximum Gasteiger partial charge on any atom is 0.258 e. The molecule has 5 rings (SSSR count). The first-order chi connectivity index (χ1) is 16.9. The summed E-state index contributed by atoms with van der Waals surface area (Å²) in [6.45, 7) is 2.02. The van der Waals surface area contributed by atoms with Gasteiger partial charge in [0.15, 0.2) is 5.11 Å². The van der Waals surface area contributed by atoms with Crippen LogP contribution in [0.15, 0.2) is 83.0 Å². The molecule has 9 heteroatoms. The zero-order valence-corrected chi connectivity index (χ0v) is 19.3. The van der Waals surface area contributed by atoms with Crippen molar-refractivity contribution < 1.29 is 17.7 Å². The van der Waals surface area contributed by atoms with Gasteiger partial charge < -0.3 is 14.7 Å². The van der Waals surface area contributed by atoms with Crippen LogP contribution in [0, 0.1) is 17.5 Å². The molecule has 0 radical (unpaired) electrons. The Morgan fingerprint density at radius 1 is 0.943 bits per heavy atom. The standard InChI is InChI=1S/C26H19F3N4OS/c1-15-22(25-31-24(32-34-25)17-8-12-20(28)13-9-17)23(16-6-10-19(27)11-7-16)30-26(35)33(15)14-18-4-2-3-5-21(18)29/h2-13,23H,14H2,1H3,(H,30,35). The average Bonchev–Trinajstić information content (AvgIpc) is 3.33. The molecule has 1 aromatic heterocycles. The van der Waals surface area contributed by atoms with Crippen LogP contribution in [0.1, 0.15) is 30.0 Å². The van der Waals surface area contributed by atoms with Gasteiger partial charge in [0.05, 0.1) is 18.2 Å². The van der Waals surface area contributed by atoms with Gasteiger partial charge in [0.2, 0.25) is 5.82 Å². The quantitative estimate of drug-likeness (QED) is 0.344. The predicted octanol–water partition coefficient (Wildman–Crippen LogP) is 6.02. The minimum Gasteiger partial charge on any atom is -0.351 e. The number of nitrogens with one attached hydrogen (secondary N) is 1. The van der Waals surface area contributed by atoms with Crippen molar-refractivity contribution in [2.75, 3.05) is 0 Å². The van der Waals surface area contributed by atoms with Gasteiger partial charge in [-0.2, -0.15) is 4.98 Å². The summed E-state index contributed by atoms with van der Waals surface area (Å²) in [6.07, 6.45) is 0. The van der Waals surface area contributed by atoms with E-state index >= 15 is 0 Å². The molecule has 1 aliphatic rings. The van der Waals surface area contributed by atoms with Crippen molar-refractivity contribution in [2.24, 2.45) is 0 Å². The topological polar surface area (TPSA) is 54.2 Å². The molecule has 4 aromatic rings. The first-order valence-electron chi connectivity index (χ1n) is 10.8. The van der Waals surface area contributed by atoms with Crippen molar-refractivity contribution in [3.63, 3.8) is 0 Å². The molecule has 1 atom stereocenters. The molecule has 5 nitrogen and oxygen atoms in total. The van der Waals surface area contributed by atoms with E-state index in [-0.39, 0.29) is 35.7 Å². The number of hydrogen-bond acceptors (Lipinski definition) is 4. The Hall–Kier alpha value is -3.98. The molecule has 2 heterocycles. The molecule has 1 N–H and O–H groups in total. The van der Waals surface area contributed by atoms with Crippen LogP contribution in [0.5, 0.6) is 0 Å². The highest BCUT2D eigenvalue weighted by Crippen LogP contribution is 2.38. The minimum absolute atomic E-state index is 0.183. The maximum absolute atomic E-state index is 14.4. The van der Waals surface area contributed by atoms with Crippen LogP contribution >= 0.6 is 12.2 Å². The summed E-state index contributed by atoms with van der Waals surface area (Å²) < 4.78 is 47.0. The van der Waals surface area contributed by atoms with Crippen molar-refractivity contribution in [1.29, 1.82) is 0 Å². The molecule has 0 spiro atoms. The first kappa shape index (κ1) is 22.8. The van der Waals surface area contributed by atoms with E-state index in [0.29, 0.717) is 27.5 Å². The normalized spacial score (nSPS) is 15.9. The zero-order chi connectivity index (χ0) is 24.5. The van der Waals surface area contributed by atoms with Gasteiger partial charge in [0.25, 0.3) is 5.89 Å². The van der Waals surface area contributed by atoms with Crippen molar-refractivity contribution in [3.8, 4) is 11.4 Å². The Labute approximate surface area is 204 Å². The number of rotatable bonds is 5. The summed E-state index contributed by atoms with van der Waals surface area (Å²) in [5.41, 5.74) is 3.08. The monoisotopic (exact) mass is 492 g/mol. The Morgan fingerprint density at radius 3 is 2.29 bits per heavy atom. The lowest BCUT2D eigenvalue weighted by molar-refractivity contribution is 0.395. The SMILES string of the molecule is CC1=C(c2nc(-c3ccc(F)cc3)no2)C(c2ccc(F)cc2)NC(=S)N1Cc1ccccc1F. The van der Waals surface area contributed by atoms with Crippen molar-refractivity contribution in [2.45, 2.75) is 19.5 Å². The van der Waals surface area contributed by atoms with Crippen LogP contribution < -0.4 is 5.32 Å². The predicted molar refractivity (Wildman–Crippen MR) is 129 cm³/mol. The van der Waals surface area contributed by atoms with E-state index in [4.69, 9.17) is 16.7 Å². The molecule has 0 aliphatic carbocycles. The third kappa shape index (κ3) is 4.54. The molecule has 3 aromatic carbocycles. The average molecular weight is 493 g/mol. The van der Waals surface area contributed by atoms with E-state index in [2.05, 4.69) is 15.5 Å². The van der Waals surface area contributed by atoms with Crippen LogP contribution in [-0.4, -0.2) is 20.2 Å².